The number of aryl methyl sites for hydroxylation is 1. The summed E-state index contributed by atoms with van der Waals surface area (Å²) in [4.78, 5) is 24.7. The number of sulfonamides is 1. The van der Waals surface area contributed by atoms with Gasteiger partial charge in [0.25, 0.3) is 5.91 Å². The van der Waals surface area contributed by atoms with Crippen molar-refractivity contribution in [2.75, 3.05) is 6.54 Å². The van der Waals surface area contributed by atoms with Crippen molar-refractivity contribution < 1.29 is 23.1 Å². The number of carbonyl (C=O) groups is 2. The molecule has 0 radical (unpaired) electrons. The molecule has 1 aromatic carbocycles. The summed E-state index contributed by atoms with van der Waals surface area (Å²) in [5.41, 5.74) is 0.613. The van der Waals surface area contributed by atoms with E-state index < -0.39 is 27.9 Å². The van der Waals surface area contributed by atoms with Crippen LogP contribution in [-0.4, -0.2) is 42.9 Å². The van der Waals surface area contributed by atoms with Crippen molar-refractivity contribution in [1.29, 1.82) is 0 Å². The number of hydrogen-bond donors (Lipinski definition) is 2. The van der Waals surface area contributed by atoms with Crippen molar-refractivity contribution in [3.63, 3.8) is 0 Å². The minimum atomic E-state index is -3.84. The Kier molecular flexibility index (Phi) is 4.02. The fourth-order valence-corrected chi connectivity index (χ4v) is 3.30. The van der Waals surface area contributed by atoms with Gasteiger partial charge in [0.15, 0.2) is 0 Å². The van der Waals surface area contributed by atoms with E-state index in [2.05, 4.69) is 0 Å². The molecule has 1 saturated heterocycles. The van der Waals surface area contributed by atoms with Gasteiger partial charge in [0.05, 0.1) is 4.90 Å². The zero-order chi connectivity index (χ0) is 15.8. The number of nitrogens with zero attached hydrogens (tertiary/aromatic N) is 1. The number of rotatable bonds is 3. The molecule has 1 aliphatic rings. The number of benzene rings is 1. The Morgan fingerprint density at radius 3 is 2.57 bits per heavy atom. The Hall–Kier alpha value is -1.93. The summed E-state index contributed by atoms with van der Waals surface area (Å²) in [5.74, 6) is -1.44. The third-order valence-electron chi connectivity index (χ3n) is 3.53. The second kappa shape index (κ2) is 5.45. The van der Waals surface area contributed by atoms with Gasteiger partial charge in [0, 0.05) is 12.1 Å². The van der Waals surface area contributed by atoms with Crippen molar-refractivity contribution in [2.45, 2.75) is 30.7 Å². The van der Waals surface area contributed by atoms with Crippen molar-refractivity contribution in [1.82, 2.24) is 4.90 Å². The molecule has 0 spiro atoms. The fourth-order valence-electron chi connectivity index (χ4n) is 2.53. The van der Waals surface area contributed by atoms with Gasteiger partial charge in [-0.2, -0.15) is 0 Å². The molecule has 1 heterocycles. The summed E-state index contributed by atoms with van der Waals surface area (Å²) < 4.78 is 22.7. The molecule has 0 aromatic heterocycles. The van der Waals surface area contributed by atoms with Crippen molar-refractivity contribution >= 4 is 21.9 Å². The molecule has 7 nitrogen and oxygen atoms in total. The van der Waals surface area contributed by atoms with E-state index in [4.69, 9.17) is 10.2 Å². The van der Waals surface area contributed by atoms with Gasteiger partial charge < -0.3 is 10.0 Å². The summed E-state index contributed by atoms with van der Waals surface area (Å²) in [5, 5.41) is 14.2. The molecule has 0 unspecified atom stereocenters. The lowest BCUT2D eigenvalue weighted by Crippen LogP contribution is -2.40. The van der Waals surface area contributed by atoms with Crippen LogP contribution in [0.2, 0.25) is 0 Å². The van der Waals surface area contributed by atoms with Gasteiger partial charge >= 0.3 is 5.97 Å². The molecule has 21 heavy (non-hydrogen) atoms. The van der Waals surface area contributed by atoms with Crippen LogP contribution in [0.25, 0.3) is 0 Å². The molecule has 1 amide bonds. The summed E-state index contributed by atoms with van der Waals surface area (Å²) in [6.07, 6.45) is 1.06. The molecule has 0 saturated carbocycles. The predicted molar refractivity (Wildman–Crippen MR) is 74.2 cm³/mol. The van der Waals surface area contributed by atoms with Crippen LogP contribution in [0.5, 0.6) is 0 Å². The van der Waals surface area contributed by atoms with Crippen LogP contribution in [0.15, 0.2) is 23.1 Å². The van der Waals surface area contributed by atoms with E-state index in [1.165, 1.54) is 30.0 Å². The average molecular weight is 312 g/mol. The lowest BCUT2D eigenvalue weighted by atomic mass is 10.1. The molecule has 0 aliphatic carbocycles. The van der Waals surface area contributed by atoms with Gasteiger partial charge in [0.2, 0.25) is 10.0 Å². The standard InChI is InChI=1S/C13H16N2O5S/c1-8-7-9(4-5-11(8)21(14,19)20)12(16)15-6-2-3-10(15)13(17)18/h4-5,7,10H,2-3,6H2,1H3,(H,17,18)(H2,14,19,20)/t10-/m0/s1. The molecule has 1 aromatic rings. The molecule has 114 valence electrons. The Morgan fingerprint density at radius 1 is 1.38 bits per heavy atom. The molecule has 1 aliphatic heterocycles. The maximum absolute atomic E-state index is 12.4. The van der Waals surface area contributed by atoms with E-state index in [1.807, 2.05) is 0 Å². The number of carboxylic acid groups (broad SMARTS) is 1. The summed E-state index contributed by atoms with van der Waals surface area (Å²) in [7, 11) is -3.84. The van der Waals surface area contributed by atoms with E-state index in [9.17, 15) is 18.0 Å². The van der Waals surface area contributed by atoms with Gasteiger partial charge in [-0.3, -0.25) is 4.79 Å². The number of carboxylic acids is 1. The first-order chi connectivity index (χ1) is 9.71. The topological polar surface area (TPSA) is 118 Å². The number of nitrogens with two attached hydrogens (primary N) is 1. The lowest BCUT2D eigenvalue weighted by molar-refractivity contribution is -0.141. The van der Waals surface area contributed by atoms with Crippen molar-refractivity contribution in [2.24, 2.45) is 5.14 Å². The smallest absolute Gasteiger partial charge is 0.326 e. The Labute approximate surface area is 122 Å². The van der Waals surface area contributed by atoms with Crippen LogP contribution in [0.4, 0.5) is 0 Å². The zero-order valence-electron chi connectivity index (χ0n) is 11.4. The highest BCUT2D eigenvalue weighted by molar-refractivity contribution is 7.89. The third kappa shape index (κ3) is 3.06. The monoisotopic (exact) mass is 312 g/mol. The third-order valence-corrected chi connectivity index (χ3v) is 4.60. The minimum absolute atomic E-state index is 0.0461. The summed E-state index contributed by atoms with van der Waals surface area (Å²) >= 11 is 0. The first-order valence-electron chi connectivity index (χ1n) is 6.39. The van der Waals surface area contributed by atoms with Crippen LogP contribution < -0.4 is 5.14 Å². The largest absolute Gasteiger partial charge is 0.480 e. The van der Waals surface area contributed by atoms with E-state index in [0.29, 0.717) is 24.9 Å². The van der Waals surface area contributed by atoms with E-state index in [0.717, 1.165) is 0 Å². The van der Waals surface area contributed by atoms with Crippen LogP contribution in [0, 0.1) is 6.92 Å². The molecule has 0 bridgehead atoms. The van der Waals surface area contributed by atoms with E-state index >= 15 is 0 Å². The number of aliphatic carboxylic acids is 1. The summed E-state index contributed by atoms with van der Waals surface area (Å²) in [6.45, 7) is 1.92. The normalized spacial score (nSPS) is 18.8. The molecule has 2 rings (SSSR count). The number of hydrogen-bond acceptors (Lipinski definition) is 4. The maximum atomic E-state index is 12.4. The molecular formula is C13H16N2O5S. The first-order valence-corrected chi connectivity index (χ1v) is 7.93. The molecular weight excluding hydrogens is 296 g/mol. The second-order valence-electron chi connectivity index (χ2n) is 5.02. The SMILES string of the molecule is Cc1cc(C(=O)N2CCC[C@H]2C(=O)O)ccc1S(N)(=O)=O. The van der Waals surface area contributed by atoms with Gasteiger partial charge in [0.1, 0.15) is 6.04 Å². The van der Waals surface area contributed by atoms with Crippen LogP contribution in [-0.2, 0) is 14.8 Å². The number of primary sulfonamides is 1. The molecule has 1 atom stereocenters. The van der Waals surface area contributed by atoms with Crippen LogP contribution >= 0.6 is 0 Å². The van der Waals surface area contributed by atoms with E-state index in [-0.39, 0.29) is 10.5 Å². The maximum Gasteiger partial charge on any atom is 0.326 e. The van der Waals surface area contributed by atoms with Crippen LogP contribution in [0.1, 0.15) is 28.8 Å². The number of amides is 1. The second-order valence-corrected chi connectivity index (χ2v) is 6.55. The summed E-state index contributed by atoms with van der Waals surface area (Å²) in [6, 6.07) is 3.21. The highest BCUT2D eigenvalue weighted by Crippen LogP contribution is 2.22. The fraction of sp³-hybridized carbons (Fsp3) is 0.385. The van der Waals surface area contributed by atoms with Crippen molar-refractivity contribution in [3.05, 3.63) is 29.3 Å². The molecule has 8 heteroatoms. The molecule has 3 N–H and O–H groups in total. The predicted octanol–water partition coefficient (Wildman–Crippen LogP) is 0.332. The van der Waals surface area contributed by atoms with Gasteiger partial charge in [-0.25, -0.2) is 18.4 Å². The van der Waals surface area contributed by atoms with Gasteiger partial charge in [-0.15, -0.1) is 0 Å². The number of likely N-dealkylation sites (tertiary alicyclic amines) is 1. The average Bonchev–Trinajstić information content (AvgIpc) is 2.85. The molecule has 1 fully saturated rings. The first kappa shape index (κ1) is 15.5. The van der Waals surface area contributed by atoms with Crippen molar-refractivity contribution in [3.8, 4) is 0 Å². The Balaban J connectivity index is 2.33. The van der Waals surface area contributed by atoms with Crippen LogP contribution in [0.3, 0.4) is 0 Å². The van der Waals surface area contributed by atoms with Gasteiger partial charge in [-0.1, -0.05) is 0 Å². The number of carbonyl (C=O) groups excluding carboxylic acids is 1. The van der Waals surface area contributed by atoms with E-state index in [1.54, 1.807) is 0 Å². The van der Waals surface area contributed by atoms with Gasteiger partial charge in [-0.05, 0) is 43.5 Å². The highest BCUT2D eigenvalue weighted by Gasteiger charge is 2.34. The highest BCUT2D eigenvalue weighted by atomic mass is 32.2. The Morgan fingerprint density at radius 2 is 2.05 bits per heavy atom. The zero-order valence-corrected chi connectivity index (χ0v) is 12.3. The minimum Gasteiger partial charge on any atom is -0.480 e. The Bertz CT molecular complexity index is 699. The lowest BCUT2D eigenvalue weighted by Gasteiger charge is -2.21. The quantitative estimate of drug-likeness (QED) is 0.834.